The normalized spacial score (nSPS) is 12.5. The van der Waals surface area contributed by atoms with Crippen LogP contribution in [0.2, 0.25) is 0 Å². The summed E-state index contributed by atoms with van der Waals surface area (Å²) in [6.45, 7) is 4.99. The van der Waals surface area contributed by atoms with E-state index < -0.39 is 12.1 Å². The molecule has 0 aliphatic rings. The van der Waals surface area contributed by atoms with Crippen molar-refractivity contribution in [2.75, 3.05) is 13.2 Å². The van der Waals surface area contributed by atoms with E-state index in [1.807, 2.05) is 0 Å². The lowest BCUT2D eigenvalue weighted by Crippen LogP contribution is -2.45. The van der Waals surface area contributed by atoms with E-state index in [4.69, 9.17) is 4.74 Å². The molecular weight excluding hydrogens is 875 g/mol. The smallest absolute Gasteiger partial charge is 0.305 e. The molecule has 1 amide bonds. The molecule has 0 aliphatic heterocycles. The highest BCUT2D eigenvalue weighted by atomic mass is 16.5. The van der Waals surface area contributed by atoms with Crippen LogP contribution in [0.5, 0.6) is 0 Å². The number of esters is 1. The Morgan fingerprint density at radius 1 is 0.338 bits per heavy atom. The van der Waals surface area contributed by atoms with Crippen molar-refractivity contribution in [1.82, 2.24) is 5.32 Å². The van der Waals surface area contributed by atoms with Gasteiger partial charge in [0.15, 0.2) is 0 Å². The van der Waals surface area contributed by atoms with Crippen LogP contribution in [0.1, 0.15) is 380 Å². The molecule has 424 valence electrons. The molecule has 0 aromatic heterocycles. The number of aliphatic hydroxyl groups excluding tert-OH is 2. The second-order valence-corrected chi connectivity index (χ2v) is 22.8. The molecule has 0 fully saturated rings. The third kappa shape index (κ3) is 58.0. The van der Waals surface area contributed by atoms with Crippen LogP contribution in [0.15, 0.2) is 0 Å². The minimum Gasteiger partial charge on any atom is -0.466 e. The molecule has 2 unspecified atom stereocenters. The van der Waals surface area contributed by atoms with Crippen molar-refractivity contribution in [2.45, 2.75) is 392 Å². The monoisotopic (exact) mass is 1000 g/mol. The van der Waals surface area contributed by atoms with Gasteiger partial charge in [-0.1, -0.05) is 341 Å². The maximum absolute atomic E-state index is 12.5. The van der Waals surface area contributed by atoms with Crippen LogP contribution in [0.25, 0.3) is 0 Å². The zero-order chi connectivity index (χ0) is 51.4. The van der Waals surface area contributed by atoms with Gasteiger partial charge in [0, 0.05) is 12.8 Å². The van der Waals surface area contributed by atoms with E-state index in [9.17, 15) is 19.8 Å². The first-order valence-electron chi connectivity index (χ1n) is 32.8. The maximum Gasteiger partial charge on any atom is 0.305 e. The highest BCUT2D eigenvalue weighted by Gasteiger charge is 2.20. The molecule has 2 atom stereocenters. The number of aliphatic hydroxyl groups is 2. The first-order valence-corrected chi connectivity index (χ1v) is 32.8. The van der Waals surface area contributed by atoms with Crippen LogP contribution in [-0.2, 0) is 14.3 Å². The van der Waals surface area contributed by atoms with E-state index in [1.165, 1.54) is 308 Å². The summed E-state index contributed by atoms with van der Waals surface area (Å²) in [6, 6.07) is -0.545. The Labute approximate surface area is 445 Å². The topological polar surface area (TPSA) is 95.9 Å². The number of carbonyl (C=O) groups excluding carboxylic acids is 2. The number of amides is 1. The Morgan fingerprint density at radius 3 is 0.859 bits per heavy atom. The molecule has 0 aliphatic carbocycles. The molecule has 0 radical (unpaired) electrons. The van der Waals surface area contributed by atoms with Gasteiger partial charge in [0.25, 0.3) is 0 Å². The first-order chi connectivity index (χ1) is 35.0. The number of hydrogen-bond donors (Lipinski definition) is 3. The lowest BCUT2D eigenvalue weighted by molar-refractivity contribution is -0.143. The molecule has 0 aromatic carbocycles. The second kappa shape index (κ2) is 61.4. The van der Waals surface area contributed by atoms with Gasteiger partial charge < -0.3 is 20.3 Å². The maximum atomic E-state index is 12.5. The molecule has 0 saturated heterocycles. The molecule has 0 saturated carbocycles. The van der Waals surface area contributed by atoms with Gasteiger partial charge in [-0.15, -0.1) is 0 Å². The number of rotatable bonds is 62. The van der Waals surface area contributed by atoms with E-state index in [0.717, 1.165) is 38.5 Å². The third-order valence-electron chi connectivity index (χ3n) is 15.7. The molecule has 6 nitrogen and oxygen atoms in total. The first kappa shape index (κ1) is 69.9. The summed E-state index contributed by atoms with van der Waals surface area (Å²) in [7, 11) is 0. The van der Waals surface area contributed by atoms with Gasteiger partial charge in [-0.2, -0.15) is 0 Å². The number of unbranched alkanes of at least 4 members (excludes halogenated alkanes) is 51. The quantitative estimate of drug-likeness (QED) is 0.0417. The van der Waals surface area contributed by atoms with Gasteiger partial charge >= 0.3 is 5.97 Å². The van der Waals surface area contributed by atoms with Gasteiger partial charge in [0.05, 0.1) is 25.4 Å². The second-order valence-electron chi connectivity index (χ2n) is 22.8. The molecular formula is C65H129NO5. The third-order valence-corrected chi connectivity index (χ3v) is 15.7. The largest absolute Gasteiger partial charge is 0.466 e. The molecule has 71 heavy (non-hydrogen) atoms. The Kier molecular flexibility index (Phi) is 60.4. The van der Waals surface area contributed by atoms with Crippen LogP contribution in [0.3, 0.4) is 0 Å². The number of ether oxygens (including phenoxy) is 1. The summed E-state index contributed by atoms with van der Waals surface area (Å²) in [5.74, 6) is -0.0247. The van der Waals surface area contributed by atoms with Crippen LogP contribution >= 0.6 is 0 Å². The summed E-state index contributed by atoms with van der Waals surface area (Å²) in [5.41, 5.74) is 0. The Morgan fingerprint density at radius 2 is 0.577 bits per heavy atom. The highest BCUT2D eigenvalue weighted by molar-refractivity contribution is 5.76. The van der Waals surface area contributed by atoms with Crippen molar-refractivity contribution in [1.29, 1.82) is 0 Å². The number of carbonyl (C=O) groups is 2. The number of nitrogens with one attached hydrogen (secondary N) is 1. The van der Waals surface area contributed by atoms with Crippen molar-refractivity contribution >= 4 is 11.9 Å². The molecule has 6 heteroatoms. The fourth-order valence-electron chi connectivity index (χ4n) is 10.6. The predicted molar refractivity (Wildman–Crippen MR) is 310 cm³/mol. The summed E-state index contributed by atoms with van der Waals surface area (Å²) in [5, 5.41) is 23.4. The standard InChI is InChI=1S/C65H129NO5/c1-3-5-7-9-11-13-15-17-19-21-22-23-24-26-29-33-37-41-45-49-53-57-63(68)62(61-67)66-64(69)58-54-50-46-42-38-34-30-27-25-28-32-36-40-44-48-52-56-60-71-65(70)59-55-51-47-43-39-35-31-20-18-16-14-12-10-8-6-4-2/h62-63,67-68H,3-61H2,1-2H3,(H,66,69). The van der Waals surface area contributed by atoms with E-state index in [1.54, 1.807) is 0 Å². The van der Waals surface area contributed by atoms with Crippen LogP contribution in [0.4, 0.5) is 0 Å². The molecule has 0 heterocycles. The molecule has 0 rings (SSSR count). The van der Waals surface area contributed by atoms with Crippen molar-refractivity contribution < 1.29 is 24.5 Å². The van der Waals surface area contributed by atoms with Crippen LogP contribution in [0, 0.1) is 0 Å². The van der Waals surface area contributed by atoms with Gasteiger partial charge in [-0.25, -0.2) is 0 Å². The lowest BCUT2D eigenvalue weighted by Gasteiger charge is -2.22. The lowest BCUT2D eigenvalue weighted by atomic mass is 10.0. The fraction of sp³-hybridized carbons (Fsp3) is 0.969. The molecule has 0 aromatic rings. The average molecular weight is 1000 g/mol. The van der Waals surface area contributed by atoms with E-state index in [0.29, 0.717) is 25.9 Å². The van der Waals surface area contributed by atoms with E-state index >= 15 is 0 Å². The molecule has 0 bridgehead atoms. The van der Waals surface area contributed by atoms with Gasteiger partial charge in [-0.05, 0) is 25.7 Å². The molecule has 3 N–H and O–H groups in total. The van der Waals surface area contributed by atoms with Crippen LogP contribution < -0.4 is 5.32 Å². The number of hydrogen-bond acceptors (Lipinski definition) is 5. The Hall–Kier alpha value is -1.14. The van der Waals surface area contributed by atoms with Crippen molar-refractivity contribution in [3.63, 3.8) is 0 Å². The van der Waals surface area contributed by atoms with Crippen molar-refractivity contribution in [3.8, 4) is 0 Å². The van der Waals surface area contributed by atoms with Crippen molar-refractivity contribution in [3.05, 3.63) is 0 Å². The average Bonchev–Trinajstić information content (AvgIpc) is 3.37. The fourth-order valence-corrected chi connectivity index (χ4v) is 10.6. The zero-order valence-electron chi connectivity index (χ0n) is 48.5. The SMILES string of the molecule is CCCCCCCCCCCCCCCCCCCCCCCC(O)C(CO)NC(=O)CCCCCCCCCCCCCCCCCCCOC(=O)CCCCCCCCCCCCCCCCCC. The molecule has 0 spiro atoms. The van der Waals surface area contributed by atoms with Crippen LogP contribution in [-0.4, -0.2) is 47.4 Å². The minimum atomic E-state index is -0.668. The summed E-state index contributed by atoms with van der Waals surface area (Å²) in [4.78, 5) is 24.6. The summed E-state index contributed by atoms with van der Waals surface area (Å²) < 4.78 is 5.49. The Balaban J connectivity index is 3.39. The Bertz CT molecular complexity index is 1020. The summed E-state index contributed by atoms with van der Waals surface area (Å²) in [6.07, 6.45) is 72.6. The zero-order valence-corrected chi connectivity index (χ0v) is 48.5. The van der Waals surface area contributed by atoms with Gasteiger partial charge in [-0.3, -0.25) is 9.59 Å². The van der Waals surface area contributed by atoms with E-state index in [-0.39, 0.29) is 18.5 Å². The highest BCUT2D eigenvalue weighted by Crippen LogP contribution is 2.19. The predicted octanol–water partition coefficient (Wildman–Crippen LogP) is 20.6. The summed E-state index contributed by atoms with van der Waals surface area (Å²) >= 11 is 0. The van der Waals surface area contributed by atoms with Crippen molar-refractivity contribution in [2.24, 2.45) is 0 Å². The van der Waals surface area contributed by atoms with Gasteiger partial charge in [0.1, 0.15) is 0 Å². The minimum absolute atomic E-state index is 0.0104. The van der Waals surface area contributed by atoms with Gasteiger partial charge in [0.2, 0.25) is 5.91 Å². The van der Waals surface area contributed by atoms with E-state index in [2.05, 4.69) is 19.2 Å².